The number of anilines is 1. The first-order chi connectivity index (χ1) is 16.0. The highest BCUT2D eigenvalue weighted by molar-refractivity contribution is 6.35. The predicted molar refractivity (Wildman–Crippen MR) is 130 cm³/mol. The number of hydrogen-bond acceptors (Lipinski definition) is 5. The van der Waals surface area contributed by atoms with Crippen molar-refractivity contribution in [1.29, 1.82) is 0 Å². The molecule has 2 amide bonds. The molecule has 2 aromatic carbocycles. The Hall–Kier alpha value is -3.33. The van der Waals surface area contributed by atoms with Gasteiger partial charge in [0, 0.05) is 15.7 Å². The highest BCUT2D eigenvalue weighted by Gasteiger charge is 2.47. The van der Waals surface area contributed by atoms with Crippen molar-refractivity contribution < 1.29 is 24.2 Å². The van der Waals surface area contributed by atoms with Gasteiger partial charge in [-0.3, -0.25) is 4.79 Å². The number of benzene rings is 2. The number of ether oxygens (including phenoxy) is 1. The quantitative estimate of drug-likeness (QED) is 0.427. The monoisotopic (exact) mass is 503 g/mol. The Balaban J connectivity index is 1.80. The second-order valence-corrected chi connectivity index (χ2v) is 8.86. The summed E-state index contributed by atoms with van der Waals surface area (Å²) in [5.74, 6) is -1.26. The number of hydrogen-bond donors (Lipinski definition) is 4. The summed E-state index contributed by atoms with van der Waals surface area (Å²) in [6, 6.07) is 12.6. The molecule has 2 aromatic rings. The zero-order valence-electron chi connectivity index (χ0n) is 18.2. The largest absolute Gasteiger partial charge is 0.478 e. The van der Waals surface area contributed by atoms with Crippen LogP contribution in [-0.2, 0) is 9.59 Å². The van der Waals surface area contributed by atoms with Crippen LogP contribution in [0.4, 0.5) is 10.5 Å². The van der Waals surface area contributed by atoms with E-state index < -0.39 is 28.9 Å². The summed E-state index contributed by atoms with van der Waals surface area (Å²) < 4.78 is 6.01. The molecule has 3 rings (SSSR count). The van der Waals surface area contributed by atoms with Crippen molar-refractivity contribution in [3.8, 4) is 5.75 Å². The lowest BCUT2D eigenvalue weighted by molar-refractivity contribution is -0.137. The number of ketones is 1. The second kappa shape index (κ2) is 10.3. The van der Waals surface area contributed by atoms with Crippen LogP contribution in [0.2, 0.25) is 10.0 Å². The lowest BCUT2D eigenvalue weighted by Gasteiger charge is -2.37. The van der Waals surface area contributed by atoms with E-state index in [2.05, 4.69) is 10.6 Å². The van der Waals surface area contributed by atoms with Crippen LogP contribution in [0.1, 0.15) is 13.3 Å². The number of Topliss-reactive ketones (excluding diaryl/α,β-unsaturated/α-hetero) is 1. The molecule has 10 heteroatoms. The molecule has 0 fully saturated rings. The molecule has 0 heterocycles. The number of carbonyl (C=O) groups is 3. The van der Waals surface area contributed by atoms with E-state index in [1.54, 1.807) is 30.3 Å². The first-order valence-electron chi connectivity index (χ1n) is 10.2. The molecular formula is C24H23Cl2N3O5. The molecule has 0 bridgehead atoms. The summed E-state index contributed by atoms with van der Waals surface area (Å²) in [5.41, 5.74) is 3.65. The van der Waals surface area contributed by atoms with Gasteiger partial charge >= 0.3 is 12.0 Å². The highest BCUT2D eigenvalue weighted by atomic mass is 35.5. The van der Waals surface area contributed by atoms with Gasteiger partial charge in [0.1, 0.15) is 11.3 Å². The fraction of sp³-hybridized carbons (Fsp3) is 0.208. The smallest absolute Gasteiger partial charge is 0.335 e. The third-order valence-electron chi connectivity index (χ3n) is 5.16. The van der Waals surface area contributed by atoms with E-state index in [1.807, 2.05) is 0 Å². The number of amides is 2. The molecule has 34 heavy (non-hydrogen) atoms. The number of rotatable bonds is 8. The van der Waals surface area contributed by atoms with E-state index in [1.165, 1.54) is 43.4 Å². The molecule has 2 unspecified atom stereocenters. The van der Waals surface area contributed by atoms with Crippen molar-refractivity contribution in [3.05, 3.63) is 82.4 Å². The van der Waals surface area contributed by atoms with Gasteiger partial charge in [-0.2, -0.15) is 0 Å². The van der Waals surface area contributed by atoms with Crippen LogP contribution < -0.4 is 21.1 Å². The Morgan fingerprint density at radius 2 is 1.79 bits per heavy atom. The lowest BCUT2D eigenvalue weighted by Crippen LogP contribution is -2.62. The number of nitrogens with one attached hydrogen (secondary N) is 2. The molecule has 1 aliphatic carbocycles. The number of aliphatic carboxylic acids is 1. The number of nitrogens with two attached hydrogens (primary N) is 1. The van der Waals surface area contributed by atoms with Crippen LogP contribution in [0, 0.1) is 0 Å². The Labute approximate surface area is 206 Å². The van der Waals surface area contributed by atoms with Crippen LogP contribution in [0.15, 0.2) is 72.3 Å². The van der Waals surface area contributed by atoms with Gasteiger partial charge in [-0.15, -0.1) is 0 Å². The summed E-state index contributed by atoms with van der Waals surface area (Å²) in [6.07, 6.45) is 3.98. The predicted octanol–water partition coefficient (Wildman–Crippen LogP) is 4.19. The molecule has 8 nitrogen and oxygen atoms in total. The number of halogens is 2. The number of carboxylic acids is 1. The van der Waals surface area contributed by atoms with Gasteiger partial charge in [-0.1, -0.05) is 53.6 Å². The van der Waals surface area contributed by atoms with Crippen LogP contribution in [-0.4, -0.2) is 40.6 Å². The first kappa shape index (κ1) is 25.3. The van der Waals surface area contributed by atoms with Gasteiger partial charge in [-0.25, -0.2) is 9.59 Å². The number of carboxylic acid groups (broad SMARTS) is 1. The molecule has 0 spiro atoms. The van der Waals surface area contributed by atoms with Gasteiger partial charge in [0.05, 0.1) is 12.1 Å². The minimum atomic E-state index is -1.58. The molecule has 0 saturated carbocycles. The van der Waals surface area contributed by atoms with Gasteiger partial charge in [0.2, 0.25) is 5.78 Å². The van der Waals surface area contributed by atoms with E-state index in [-0.39, 0.29) is 18.5 Å². The summed E-state index contributed by atoms with van der Waals surface area (Å²) in [4.78, 5) is 37.3. The zero-order valence-corrected chi connectivity index (χ0v) is 19.7. The van der Waals surface area contributed by atoms with Crippen molar-refractivity contribution in [2.75, 3.05) is 11.9 Å². The Kier molecular flexibility index (Phi) is 7.66. The summed E-state index contributed by atoms with van der Waals surface area (Å²) in [5, 5.41) is 15.1. The van der Waals surface area contributed by atoms with Gasteiger partial charge in [-0.05, 0) is 49.8 Å². The van der Waals surface area contributed by atoms with Crippen molar-refractivity contribution in [3.63, 3.8) is 0 Å². The molecule has 2 atom stereocenters. The fourth-order valence-electron chi connectivity index (χ4n) is 3.43. The molecule has 0 radical (unpaired) electrons. The second-order valence-electron chi connectivity index (χ2n) is 7.98. The Bertz CT molecular complexity index is 1150. The van der Waals surface area contributed by atoms with E-state index >= 15 is 0 Å². The van der Waals surface area contributed by atoms with Crippen molar-refractivity contribution in [2.24, 2.45) is 5.73 Å². The number of para-hydroxylation sites is 1. The van der Waals surface area contributed by atoms with Crippen LogP contribution in [0.25, 0.3) is 0 Å². The van der Waals surface area contributed by atoms with E-state index in [9.17, 15) is 14.4 Å². The molecule has 5 N–H and O–H groups in total. The highest BCUT2D eigenvalue weighted by Crippen LogP contribution is 2.28. The van der Waals surface area contributed by atoms with Crippen LogP contribution in [0.5, 0.6) is 5.75 Å². The average Bonchev–Trinajstić information content (AvgIpc) is 2.77. The third kappa shape index (κ3) is 6.17. The SMILES string of the molecule is CC(CNC(=O)Nc1cc(Cl)cc(Cl)c1)(Oc1ccccc1)C(=O)C1(N)C=CC(C(=O)O)=CC1. The molecule has 0 aromatic heterocycles. The maximum Gasteiger partial charge on any atom is 0.335 e. The lowest BCUT2D eigenvalue weighted by atomic mass is 9.78. The van der Waals surface area contributed by atoms with Gasteiger partial charge < -0.3 is 26.2 Å². The molecule has 178 valence electrons. The first-order valence-corrected chi connectivity index (χ1v) is 11.0. The van der Waals surface area contributed by atoms with Crippen molar-refractivity contribution in [1.82, 2.24) is 5.32 Å². The van der Waals surface area contributed by atoms with Gasteiger partial charge in [0.15, 0.2) is 5.60 Å². The molecular weight excluding hydrogens is 481 g/mol. The topological polar surface area (TPSA) is 131 Å². The fourth-order valence-corrected chi connectivity index (χ4v) is 3.96. The minimum absolute atomic E-state index is 0.0368. The van der Waals surface area contributed by atoms with Gasteiger partial charge in [0.25, 0.3) is 0 Å². The average molecular weight is 504 g/mol. The summed E-state index contributed by atoms with van der Waals surface area (Å²) in [6.45, 7) is 1.28. The van der Waals surface area contributed by atoms with Crippen molar-refractivity contribution in [2.45, 2.75) is 24.5 Å². The maximum absolute atomic E-state index is 13.6. The van der Waals surface area contributed by atoms with E-state index in [0.29, 0.717) is 21.5 Å². The van der Waals surface area contributed by atoms with Crippen LogP contribution in [0.3, 0.4) is 0 Å². The van der Waals surface area contributed by atoms with E-state index in [0.717, 1.165) is 0 Å². The number of urea groups is 1. The van der Waals surface area contributed by atoms with Crippen LogP contribution >= 0.6 is 23.2 Å². The zero-order chi connectivity index (χ0) is 24.9. The maximum atomic E-state index is 13.6. The normalized spacial score (nSPS) is 18.9. The van der Waals surface area contributed by atoms with E-state index in [4.69, 9.17) is 38.8 Å². The third-order valence-corrected chi connectivity index (χ3v) is 5.60. The standard InChI is InChI=1S/C24H23Cl2N3O5/c1-23(34-19-5-3-2-4-6-19,21(32)24(27)9-7-15(8-10-24)20(30)31)14-28-22(33)29-18-12-16(25)11-17(26)13-18/h2-9,11-13H,10,14,27H2,1H3,(H,30,31)(H2,28,29,33). The Morgan fingerprint density at radius 1 is 1.15 bits per heavy atom. The summed E-state index contributed by atoms with van der Waals surface area (Å²) in [7, 11) is 0. The summed E-state index contributed by atoms with van der Waals surface area (Å²) >= 11 is 11.9. The molecule has 1 aliphatic rings. The minimum Gasteiger partial charge on any atom is -0.478 e. The molecule has 0 saturated heterocycles. The van der Waals surface area contributed by atoms with Crippen molar-refractivity contribution >= 4 is 46.7 Å². The number of carbonyl (C=O) groups excluding carboxylic acids is 2. The molecule has 0 aliphatic heterocycles. The Morgan fingerprint density at radius 3 is 2.35 bits per heavy atom.